The van der Waals surface area contributed by atoms with Crippen molar-refractivity contribution in [1.29, 1.82) is 0 Å². The molecular formula is C10H19F3N2O2S2. The Kier molecular flexibility index (Phi) is 5.96. The molecule has 114 valence electrons. The van der Waals surface area contributed by atoms with E-state index in [9.17, 15) is 21.6 Å². The predicted molar refractivity (Wildman–Crippen MR) is 71.0 cm³/mol. The van der Waals surface area contributed by atoms with E-state index in [4.69, 9.17) is 0 Å². The van der Waals surface area contributed by atoms with Gasteiger partial charge in [0.05, 0.1) is 6.54 Å². The first-order valence-electron chi connectivity index (χ1n) is 5.91. The van der Waals surface area contributed by atoms with Crippen molar-refractivity contribution in [3.63, 3.8) is 0 Å². The second kappa shape index (κ2) is 6.64. The molecule has 0 aliphatic carbocycles. The Labute approximate surface area is 116 Å². The maximum Gasteiger partial charge on any atom is 0.401 e. The van der Waals surface area contributed by atoms with Crippen LogP contribution in [0.15, 0.2) is 0 Å². The fourth-order valence-electron chi connectivity index (χ4n) is 2.01. The van der Waals surface area contributed by atoms with Gasteiger partial charge in [-0.2, -0.15) is 24.9 Å². The van der Waals surface area contributed by atoms with Crippen LogP contribution in [0.3, 0.4) is 0 Å². The number of thioether (sulfide) groups is 1. The number of nitrogens with zero attached hydrogens (tertiary/aromatic N) is 1. The molecule has 1 aliphatic heterocycles. The monoisotopic (exact) mass is 320 g/mol. The quantitative estimate of drug-likeness (QED) is 0.817. The highest BCUT2D eigenvalue weighted by atomic mass is 32.2. The lowest BCUT2D eigenvalue weighted by Gasteiger charge is -2.38. The summed E-state index contributed by atoms with van der Waals surface area (Å²) in [6, 6.07) is -0.247. The number of halogens is 3. The molecule has 0 spiro atoms. The first kappa shape index (κ1) is 17.1. The Morgan fingerprint density at radius 1 is 1.47 bits per heavy atom. The van der Waals surface area contributed by atoms with E-state index in [0.29, 0.717) is 12.3 Å². The van der Waals surface area contributed by atoms with Crippen molar-refractivity contribution in [2.45, 2.75) is 24.5 Å². The van der Waals surface area contributed by atoms with Gasteiger partial charge >= 0.3 is 6.18 Å². The highest BCUT2D eigenvalue weighted by Crippen LogP contribution is 2.22. The van der Waals surface area contributed by atoms with Crippen molar-refractivity contribution in [2.75, 3.05) is 37.4 Å². The lowest BCUT2D eigenvalue weighted by molar-refractivity contribution is -0.125. The van der Waals surface area contributed by atoms with Crippen molar-refractivity contribution >= 4 is 21.6 Å². The number of hydrogen-bond acceptors (Lipinski definition) is 5. The molecule has 9 heteroatoms. The van der Waals surface area contributed by atoms with E-state index in [2.05, 4.69) is 5.32 Å². The normalized spacial score (nSPS) is 24.4. The smallest absolute Gasteiger partial charge is 0.307 e. The minimum atomic E-state index is -4.24. The summed E-state index contributed by atoms with van der Waals surface area (Å²) in [6.45, 7) is 1.40. The number of sulfone groups is 1. The van der Waals surface area contributed by atoms with Crippen LogP contribution in [0.1, 0.15) is 6.92 Å². The third-order valence-electron chi connectivity index (χ3n) is 2.95. The van der Waals surface area contributed by atoms with E-state index in [1.165, 1.54) is 6.26 Å². The highest BCUT2D eigenvalue weighted by molar-refractivity contribution is 8.00. The fourth-order valence-corrected chi connectivity index (χ4v) is 4.99. The van der Waals surface area contributed by atoms with Crippen molar-refractivity contribution < 1.29 is 21.6 Å². The zero-order valence-electron chi connectivity index (χ0n) is 10.9. The van der Waals surface area contributed by atoms with Gasteiger partial charge in [-0.3, -0.25) is 4.90 Å². The van der Waals surface area contributed by atoms with Crippen LogP contribution < -0.4 is 5.32 Å². The van der Waals surface area contributed by atoms with Crippen LogP contribution in [0, 0.1) is 0 Å². The molecule has 0 aromatic rings. The van der Waals surface area contributed by atoms with Gasteiger partial charge in [0.1, 0.15) is 5.37 Å². The average Bonchev–Trinajstić information content (AvgIpc) is 2.26. The van der Waals surface area contributed by atoms with Gasteiger partial charge in [0, 0.05) is 36.9 Å². The minimum Gasteiger partial charge on any atom is -0.307 e. The van der Waals surface area contributed by atoms with E-state index in [0.717, 1.165) is 5.75 Å². The maximum atomic E-state index is 12.0. The van der Waals surface area contributed by atoms with E-state index in [1.807, 2.05) is 0 Å². The van der Waals surface area contributed by atoms with Gasteiger partial charge in [0.15, 0.2) is 9.84 Å². The molecule has 2 atom stereocenters. The van der Waals surface area contributed by atoms with E-state index in [-0.39, 0.29) is 12.6 Å². The topological polar surface area (TPSA) is 49.4 Å². The molecule has 1 saturated heterocycles. The van der Waals surface area contributed by atoms with E-state index >= 15 is 0 Å². The Hall–Kier alpha value is 0.01000. The van der Waals surface area contributed by atoms with Crippen LogP contribution in [0.5, 0.6) is 0 Å². The lowest BCUT2D eigenvalue weighted by atomic mass is 10.2. The third kappa shape index (κ3) is 5.88. The molecule has 1 heterocycles. The van der Waals surface area contributed by atoms with Gasteiger partial charge in [-0.1, -0.05) is 0 Å². The van der Waals surface area contributed by atoms with Gasteiger partial charge in [-0.15, -0.1) is 0 Å². The summed E-state index contributed by atoms with van der Waals surface area (Å²) in [5.41, 5.74) is 0. The van der Waals surface area contributed by atoms with Gasteiger partial charge in [0.25, 0.3) is 0 Å². The Bertz CT molecular complexity index is 387. The molecular weight excluding hydrogens is 301 g/mol. The summed E-state index contributed by atoms with van der Waals surface area (Å²) >= 11 is 1.56. The van der Waals surface area contributed by atoms with Gasteiger partial charge in [-0.25, -0.2) is 8.42 Å². The largest absolute Gasteiger partial charge is 0.401 e. The highest BCUT2D eigenvalue weighted by Gasteiger charge is 2.34. The molecule has 1 aliphatic rings. The zero-order chi connectivity index (χ0) is 14.7. The molecule has 19 heavy (non-hydrogen) atoms. The zero-order valence-corrected chi connectivity index (χ0v) is 12.5. The standard InChI is InChI=1S/C10H19F3N2O2S2/c1-8(5-14-7-10(11,12)13)15-3-4-18-6-9(15)19(2,16)17/h8-9,14H,3-7H2,1-2H3. The molecule has 0 radical (unpaired) electrons. The first-order chi connectivity index (χ1) is 8.61. The molecule has 1 fully saturated rings. The minimum absolute atomic E-state index is 0.121. The molecule has 0 amide bonds. The Morgan fingerprint density at radius 2 is 2.11 bits per heavy atom. The first-order valence-corrected chi connectivity index (χ1v) is 9.02. The van der Waals surface area contributed by atoms with Gasteiger partial charge in [-0.05, 0) is 6.92 Å². The van der Waals surface area contributed by atoms with Crippen molar-refractivity contribution in [1.82, 2.24) is 10.2 Å². The van der Waals surface area contributed by atoms with Crippen LogP contribution >= 0.6 is 11.8 Å². The van der Waals surface area contributed by atoms with Gasteiger partial charge < -0.3 is 5.32 Å². The van der Waals surface area contributed by atoms with Crippen LogP contribution in [-0.2, 0) is 9.84 Å². The second-order valence-corrected chi connectivity index (χ2v) is 8.05. The number of rotatable bonds is 5. The van der Waals surface area contributed by atoms with Crippen LogP contribution in [0.2, 0.25) is 0 Å². The molecule has 0 aromatic carbocycles. The van der Waals surface area contributed by atoms with E-state index < -0.39 is 27.9 Å². The van der Waals surface area contributed by atoms with E-state index in [1.54, 1.807) is 23.6 Å². The molecule has 0 bridgehead atoms. The lowest BCUT2D eigenvalue weighted by Crippen LogP contribution is -2.54. The third-order valence-corrected chi connectivity index (χ3v) is 5.61. The second-order valence-electron chi connectivity index (χ2n) is 4.69. The summed E-state index contributed by atoms with van der Waals surface area (Å²) in [6.07, 6.45) is -3.07. The number of nitrogens with one attached hydrogen (secondary N) is 1. The van der Waals surface area contributed by atoms with Crippen molar-refractivity contribution in [3.05, 3.63) is 0 Å². The SMILES string of the molecule is CC(CNCC(F)(F)F)N1CCSCC1S(C)(=O)=O. The molecule has 0 saturated carbocycles. The van der Waals surface area contributed by atoms with Crippen molar-refractivity contribution in [2.24, 2.45) is 0 Å². The Morgan fingerprint density at radius 3 is 2.63 bits per heavy atom. The Balaban J connectivity index is 2.55. The summed E-state index contributed by atoms with van der Waals surface area (Å²) in [7, 11) is -3.22. The number of alkyl halides is 3. The average molecular weight is 320 g/mol. The predicted octanol–water partition coefficient (Wildman–Crippen LogP) is 0.946. The summed E-state index contributed by atoms with van der Waals surface area (Å²) in [4.78, 5) is 1.77. The number of hydrogen-bond donors (Lipinski definition) is 1. The van der Waals surface area contributed by atoms with Crippen molar-refractivity contribution in [3.8, 4) is 0 Å². The summed E-state index contributed by atoms with van der Waals surface area (Å²) in [5.74, 6) is 1.28. The molecule has 0 aromatic heterocycles. The summed E-state index contributed by atoms with van der Waals surface area (Å²) < 4.78 is 59.5. The fraction of sp³-hybridized carbons (Fsp3) is 1.00. The van der Waals surface area contributed by atoms with Crippen LogP contribution in [0.4, 0.5) is 13.2 Å². The summed E-state index contributed by atoms with van der Waals surface area (Å²) in [5, 5.41) is 1.72. The molecule has 1 N–H and O–H groups in total. The maximum absolute atomic E-state index is 12.0. The molecule has 4 nitrogen and oxygen atoms in total. The van der Waals surface area contributed by atoms with Gasteiger partial charge in [0.2, 0.25) is 0 Å². The molecule has 1 rings (SSSR count). The van der Waals surface area contributed by atoms with Crippen LogP contribution in [-0.4, -0.2) is 68.3 Å². The molecule has 2 unspecified atom stereocenters. The van der Waals surface area contributed by atoms with Crippen LogP contribution in [0.25, 0.3) is 0 Å².